The number of nitrogens with two attached hydrogens (primary N) is 1. The van der Waals surface area contributed by atoms with E-state index in [1.54, 1.807) is 12.1 Å². The summed E-state index contributed by atoms with van der Waals surface area (Å²) in [6, 6.07) is 7.33. The Morgan fingerprint density at radius 3 is 2.82 bits per heavy atom. The third-order valence-electron chi connectivity index (χ3n) is 2.49. The molecule has 2 rings (SSSR count). The average Bonchev–Trinajstić information content (AvgIpc) is 2.32. The summed E-state index contributed by atoms with van der Waals surface area (Å²) in [5, 5.41) is 3.92. The van der Waals surface area contributed by atoms with E-state index in [1.165, 1.54) is 29.1 Å². The maximum absolute atomic E-state index is 13.1. The Morgan fingerprint density at radius 2 is 2.12 bits per heavy atom. The van der Waals surface area contributed by atoms with Crippen LogP contribution in [0.5, 0.6) is 0 Å². The summed E-state index contributed by atoms with van der Waals surface area (Å²) in [4.78, 5) is 11.5. The van der Waals surface area contributed by atoms with Gasteiger partial charge in [0.1, 0.15) is 5.82 Å². The van der Waals surface area contributed by atoms with Gasteiger partial charge >= 0.3 is 0 Å². The van der Waals surface area contributed by atoms with Crippen molar-refractivity contribution in [2.75, 3.05) is 0 Å². The fourth-order valence-corrected chi connectivity index (χ4v) is 1.61. The predicted molar refractivity (Wildman–Crippen MR) is 61.9 cm³/mol. The molecule has 0 saturated heterocycles. The number of halogens is 1. The highest BCUT2D eigenvalue weighted by Gasteiger charge is 2.05. The second-order valence-electron chi connectivity index (χ2n) is 3.64. The van der Waals surface area contributed by atoms with Crippen LogP contribution >= 0.6 is 0 Å². The second kappa shape index (κ2) is 4.88. The molecule has 0 amide bonds. The van der Waals surface area contributed by atoms with Crippen LogP contribution in [0.3, 0.4) is 0 Å². The highest BCUT2D eigenvalue weighted by atomic mass is 19.1. The van der Waals surface area contributed by atoms with Crippen molar-refractivity contribution in [3.8, 4) is 0 Å². The lowest BCUT2D eigenvalue weighted by Gasteiger charge is -2.08. The van der Waals surface area contributed by atoms with E-state index in [-0.39, 0.29) is 17.9 Å². The molecule has 0 saturated carbocycles. The second-order valence-corrected chi connectivity index (χ2v) is 3.64. The normalized spacial score (nSPS) is 10.5. The van der Waals surface area contributed by atoms with Crippen LogP contribution in [-0.4, -0.2) is 9.78 Å². The first-order valence-corrected chi connectivity index (χ1v) is 5.20. The molecule has 1 aromatic carbocycles. The van der Waals surface area contributed by atoms with Gasteiger partial charge in [-0.05, 0) is 29.3 Å². The van der Waals surface area contributed by atoms with Gasteiger partial charge in [0.25, 0.3) is 5.56 Å². The molecule has 0 fully saturated rings. The highest BCUT2D eigenvalue weighted by Crippen LogP contribution is 2.11. The van der Waals surface area contributed by atoms with E-state index >= 15 is 0 Å². The molecule has 88 valence electrons. The highest BCUT2D eigenvalue weighted by molar-refractivity contribution is 5.27. The first-order valence-electron chi connectivity index (χ1n) is 5.20. The standard InChI is InChI=1S/C12H12FN3O/c13-11-4-3-9(7-14)10(6-11)8-16-12(17)2-1-5-15-16/h1-6H,7-8,14H2. The minimum atomic E-state index is -0.346. The summed E-state index contributed by atoms with van der Waals surface area (Å²) in [5.74, 6) is -0.346. The Kier molecular flexibility index (Phi) is 3.30. The summed E-state index contributed by atoms with van der Waals surface area (Å²) in [5.41, 5.74) is 6.82. The van der Waals surface area contributed by atoms with Gasteiger partial charge in [-0.3, -0.25) is 4.79 Å². The SMILES string of the molecule is NCc1ccc(F)cc1Cn1ncccc1=O. The summed E-state index contributed by atoms with van der Waals surface area (Å²) >= 11 is 0. The lowest BCUT2D eigenvalue weighted by Crippen LogP contribution is -2.22. The first kappa shape index (κ1) is 11.5. The van der Waals surface area contributed by atoms with Gasteiger partial charge in [-0.25, -0.2) is 9.07 Å². The fourth-order valence-electron chi connectivity index (χ4n) is 1.61. The van der Waals surface area contributed by atoms with Crippen LogP contribution < -0.4 is 11.3 Å². The molecule has 0 spiro atoms. The molecule has 1 aromatic heterocycles. The molecule has 2 N–H and O–H groups in total. The zero-order valence-electron chi connectivity index (χ0n) is 9.14. The molecule has 0 aliphatic rings. The largest absolute Gasteiger partial charge is 0.326 e. The number of nitrogens with zero attached hydrogens (tertiary/aromatic N) is 2. The van der Waals surface area contributed by atoms with E-state index in [4.69, 9.17) is 5.73 Å². The lowest BCUT2D eigenvalue weighted by atomic mass is 10.1. The summed E-state index contributed by atoms with van der Waals surface area (Å²) < 4.78 is 14.4. The van der Waals surface area contributed by atoms with Crippen molar-refractivity contribution in [1.82, 2.24) is 9.78 Å². The summed E-state index contributed by atoms with van der Waals surface area (Å²) in [7, 11) is 0. The zero-order chi connectivity index (χ0) is 12.3. The number of benzene rings is 1. The Bertz CT molecular complexity index is 580. The Balaban J connectivity index is 2.39. The molecule has 0 bridgehead atoms. The van der Waals surface area contributed by atoms with E-state index in [0.29, 0.717) is 12.1 Å². The average molecular weight is 233 g/mol. The topological polar surface area (TPSA) is 60.9 Å². The Morgan fingerprint density at radius 1 is 1.29 bits per heavy atom. The van der Waals surface area contributed by atoms with Crippen LogP contribution in [-0.2, 0) is 13.1 Å². The van der Waals surface area contributed by atoms with Crippen molar-refractivity contribution in [3.63, 3.8) is 0 Å². The number of hydrogen-bond acceptors (Lipinski definition) is 3. The third-order valence-corrected chi connectivity index (χ3v) is 2.49. The van der Waals surface area contributed by atoms with Crippen molar-refractivity contribution < 1.29 is 4.39 Å². The van der Waals surface area contributed by atoms with Gasteiger partial charge in [-0.15, -0.1) is 0 Å². The third kappa shape index (κ3) is 2.57. The Hall–Kier alpha value is -2.01. The molecular formula is C12H12FN3O. The van der Waals surface area contributed by atoms with Gasteiger partial charge in [0, 0.05) is 18.8 Å². The molecule has 1 heterocycles. The first-order chi connectivity index (χ1) is 8.20. The summed E-state index contributed by atoms with van der Waals surface area (Å²) in [6.45, 7) is 0.529. The molecule has 0 aliphatic carbocycles. The van der Waals surface area contributed by atoms with E-state index in [1.807, 2.05) is 0 Å². The van der Waals surface area contributed by atoms with Gasteiger partial charge in [0.05, 0.1) is 6.54 Å². The molecule has 0 atom stereocenters. The van der Waals surface area contributed by atoms with Crippen molar-refractivity contribution in [3.05, 3.63) is 63.8 Å². The minimum Gasteiger partial charge on any atom is -0.326 e. The fraction of sp³-hybridized carbons (Fsp3) is 0.167. The number of aromatic nitrogens is 2. The van der Waals surface area contributed by atoms with E-state index in [0.717, 1.165) is 5.56 Å². The molecule has 2 aromatic rings. The quantitative estimate of drug-likeness (QED) is 0.856. The predicted octanol–water partition coefficient (Wildman–Crippen LogP) is 0.889. The smallest absolute Gasteiger partial charge is 0.267 e. The van der Waals surface area contributed by atoms with Crippen LogP contribution in [0, 0.1) is 5.82 Å². The molecule has 0 radical (unpaired) electrons. The summed E-state index contributed by atoms with van der Waals surface area (Å²) in [6.07, 6.45) is 1.52. The van der Waals surface area contributed by atoms with Gasteiger partial charge in [-0.1, -0.05) is 6.07 Å². The van der Waals surface area contributed by atoms with Crippen LogP contribution in [0.1, 0.15) is 11.1 Å². The van der Waals surface area contributed by atoms with Gasteiger partial charge < -0.3 is 5.73 Å². The number of hydrogen-bond donors (Lipinski definition) is 1. The van der Waals surface area contributed by atoms with Crippen LogP contribution in [0.2, 0.25) is 0 Å². The van der Waals surface area contributed by atoms with Crippen molar-refractivity contribution in [2.24, 2.45) is 5.73 Å². The van der Waals surface area contributed by atoms with Crippen LogP contribution in [0.4, 0.5) is 4.39 Å². The zero-order valence-corrected chi connectivity index (χ0v) is 9.14. The van der Waals surface area contributed by atoms with Gasteiger partial charge in [-0.2, -0.15) is 5.10 Å². The van der Waals surface area contributed by atoms with Crippen molar-refractivity contribution in [1.29, 1.82) is 0 Å². The number of rotatable bonds is 3. The maximum Gasteiger partial charge on any atom is 0.267 e. The van der Waals surface area contributed by atoms with Crippen LogP contribution in [0.15, 0.2) is 41.3 Å². The van der Waals surface area contributed by atoms with Gasteiger partial charge in [0.2, 0.25) is 0 Å². The van der Waals surface area contributed by atoms with Crippen molar-refractivity contribution in [2.45, 2.75) is 13.1 Å². The van der Waals surface area contributed by atoms with Gasteiger partial charge in [0.15, 0.2) is 0 Å². The molecule has 4 nitrogen and oxygen atoms in total. The molecule has 0 aliphatic heterocycles. The van der Waals surface area contributed by atoms with E-state index < -0.39 is 0 Å². The molecular weight excluding hydrogens is 221 g/mol. The maximum atomic E-state index is 13.1. The molecule has 0 unspecified atom stereocenters. The molecule has 17 heavy (non-hydrogen) atoms. The monoisotopic (exact) mass is 233 g/mol. The minimum absolute atomic E-state index is 0.222. The van der Waals surface area contributed by atoms with E-state index in [9.17, 15) is 9.18 Å². The molecule has 5 heteroatoms. The lowest BCUT2D eigenvalue weighted by molar-refractivity contribution is 0.607. The van der Waals surface area contributed by atoms with E-state index in [2.05, 4.69) is 5.10 Å². The van der Waals surface area contributed by atoms with Crippen LogP contribution in [0.25, 0.3) is 0 Å². The van der Waals surface area contributed by atoms with Crippen molar-refractivity contribution >= 4 is 0 Å². The Labute approximate surface area is 97.5 Å².